The average molecular weight is 1020 g/mol. The van der Waals surface area contributed by atoms with Gasteiger partial charge in [0.25, 0.3) is 11.8 Å². The number of hydrogen-bond acceptors (Lipinski definition) is 7. The van der Waals surface area contributed by atoms with Gasteiger partial charge in [-0.2, -0.15) is 10.5 Å². The Morgan fingerprint density at radius 2 is 1.07 bits per heavy atom. The van der Waals surface area contributed by atoms with E-state index in [4.69, 9.17) is 56.9 Å². The Bertz CT molecular complexity index is 2810. The van der Waals surface area contributed by atoms with E-state index in [-0.39, 0.29) is 57.2 Å². The summed E-state index contributed by atoms with van der Waals surface area (Å²) in [4.78, 5) is 50.1. The van der Waals surface area contributed by atoms with Crippen LogP contribution in [-0.2, 0) is 33.5 Å². The maximum atomic E-state index is 13.9. The second-order valence-electron chi connectivity index (χ2n) is 14.0. The first-order valence-electron chi connectivity index (χ1n) is 17.4. The second-order valence-corrected chi connectivity index (χ2v) is 16.8. The molecule has 61 heavy (non-hydrogen) atoms. The molecule has 2 aromatic heterocycles. The third kappa shape index (κ3) is 7.81. The normalized spacial score (nSPS) is 17.5. The van der Waals surface area contributed by atoms with E-state index in [1.54, 1.807) is 49.5 Å². The summed E-state index contributed by atoms with van der Waals surface area (Å²) in [5.41, 5.74) is 0.610. The maximum absolute atomic E-state index is 13.9. The van der Waals surface area contributed by atoms with Crippen molar-refractivity contribution in [2.45, 2.75) is 45.2 Å². The zero-order valence-electron chi connectivity index (χ0n) is 30.9. The molecule has 0 saturated heterocycles. The molecule has 0 unspecified atom stereocenters. The van der Waals surface area contributed by atoms with E-state index >= 15 is 0 Å². The predicted octanol–water partition coefficient (Wildman–Crippen LogP) is 10.6. The van der Waals surface area contributed by atoms with E-state index in [2.05, 4.69) is 38.6 Å². The highest BCUT2D eigenvalue weighted by atomic mass is 127. The Balaban J connectivity index is 0.000000201. The smallest absolute Gasteiger partial charge is 0.354 e. The Morgan fingerprint density at radius 1 is 0.705 bits per heavy atom. The van der Waals surface area contributed by atoms with Gasteiger partial charge < -0.3 is 5.11 Å². The fraction of sp³-hybridized carbons (Fsp3) is 0.167. The van der Waals surface area contributed by atoms with Crippen molar-refractivity contribution < 1.29 is 28.3 Å². The van der Waals surface area contributed by atoms with E-state index in [1.165, 1.54) is 38.6 Å². The van der Waals surface area contributed by atoms with Crippen molar-refractivity contribution in [3.8, 4) is 12.1 Å². The number of carboxylic acids is 1. The van der Waals surface area contributed by atoms with Crippen LogP contribution >= 0.6 is 69.0 Å². The molecule has 19 heteroatoms. The highest BCUT2D eigenvalue weighted by Crippen LogP contribution is 2.46. The van der Waals surface area contributed by atoms with Crippen LogP contribution in [0.25, 0.3) is 0 Å². The van der Waals surface area contributed by atoms with Crippen LogP contribution in [0.5, 0.6) is 0 Å². The van der Waals surface area contributed by atoms with Gasteiger partial charge in [0.15, 0.2) is 11.6 Å². The number of nitriles is 2. The minimum Gasteiger partial charge on any atom is -0.477 e. The van der Waals surface area contributed by atoms with E-state index in [0.717, 1.165) is 15.5 Å². The minimum atomic E-state index is -1.36. The number of carbonyl (C=O) groups excluding carboxylic acids is 2. The number of halogens is 7. The van der Waals surface area contributed by atoms with Gasteiger partial charge in [0.2, 0.25) is 11.9 Å². The largest absolute Gasteiger partial charge is 0.477 e. The Labute approximate surface area is 381 Å². The second kappa shape index (κ2) is 17.1. The van der Waals surface area contributed by atoms with Gasteiger partial charge in [0.05, 0.1) is 67.1 Å². The number of carbonyl (C=O) groups is 3. The minimum absolute atomic E-state index is 0. The van der Waals surface area contributed by atoms with E-state index in [0.29, 0.717) is 34.7 Å². The van der Waals surface area contributed by atoms with Gasteiger partial charge in [-0.3, -0.25) is 18.7 Å². The molecule has 2 aliphatic rings. The first-order chi connectivity index (χ1) is 28.4. The standard InChI is InChI=1S/C21H13Cl2FN4O3.C20H12Cl2FIN4O.CH4/c1-21(8-11-2-4-12(9-25)5-3-11)19(31)27(13-6-14(22)17(24)15(23)7-13)20-26-10-16(18(29)30)28(20)21;1-20(8-11-2-4-12(9-25)5-3-11)18(29)27(19-26-10-16(24)28(19)20)13-6-14(21)17(23)15(22)7-13;/h2-7,10H,8H2,1H3,(H,29,30);2-7,10H,8H2,1H3;1H4/t21-;20-;/m11./s1. The van der Waals surface area contributed by atoms with Crippen LogP contribution in [0.3, 0.4) is 0 Å². The quantitative estimate of drug-likeness (QED) is 0.122. The number of anilines is 4. The van der Waals surface area contributed by atoms with Gasteiger partial charge in [-0.1, -0.05) is 78.1 Å². The highest BCUT2D eigenvalue weighted by Gasteiger charge is 2.52. The summed E-state index contributed by atoms with van der Waals surface area (Å²) in [5.74, 6) is -3.07. The lowest BCUT2D eigenvalue weighted by Gasteiger charge is -2.26. The van der Waals surface area contributed by atoms with Gasteiger partial charge in [0, 0.05) is 12.8 Å². The van der Waals surface area contributed by atoms with Crippen molar-refractivity contribution in [2.75, 3.05) is 9.80 Å². The molecule has 4 heterocycles. The molecule has 0 aliphatic carbocycles. The third-order valence-electron chi connectivity index (χ3n) is 10.1. The van der Waals surface area contributed by atoms with Crippen LogP contribution in [-0.4, -0.2) is 42.0 Å². The monoisotopic (exact) mass is 1010 g/mol. The molecule has 2 atom stereocenters. The molecular formula is C42H29Cl4F2IN8O4. The van der Waals surface area contributed by atoms with E-state index < -0.39 is 34.6 Å². The molecule has 4 aromatic carbocycles. The third-order valence-corrected chi connectivity index (χ3v) is 12.0. The van der Waals surface area contributed by atoms with Gasteiger partial charge in [0.1, 0.15) is 20.5 Å². The molecule has 6 aromatic rings. The molecule has 12 nitrogen and oxygen atoms in total. The van der Waals surface area contributed by atoms with Crippen LogP contribution in [0.1, 0.15) is 54.0 Å². The summed E-state index contributed by atoms with van der Waals surface area (Å²) < 4.78 is 31.8. The zero-order valence-corrected chi connectivity index (χ0v) is 36.1. The van der Waals surface area contributed by atoms with Crippen molar-refractivity contribution in [3.05, 3.63) is 149 Å². The molecule has 0 saturated carbocycles. The van der Waals surface area contributed by atoms with Crippen LogP contribution in [0.4, 0.5) is 32.1 Å². The van der Waals surface area contributed by atoms with Gasteiger partial charge >= 0.3 is 5.97 Å². The number of rotatable bonds is 7. The highest BCUT2D eigenvalue weighted by molar-refractivity contribution is 14.1. The van der Waals surface area contributed by atoms with Crippen molar-refractivity contribution in [1.82, 2.24) is 19.1 Å². The molecule has 2 aliphatic heterocycles. The number of aromatic nitrogens is 4. The first kappa shape index (κ1) is 45.0. The van der Waals surface area contributed by atoms with Gasteiger partial charge in [-0.05, 0) is 96.1 Å². The van der Waals surface area contributed by atoms with E-state index in [1.807, 2.05) is 29.7 Å². The topological polar surface area (TPSA) is 161 Å². The number of nitrogens with zero attached hydrogens (tertiary/aromatic N) is 8. The Hall–Kier alpha value is -5.56. The lowest BCUT2D eigenvalue weighted by Crippen LogP contribution is -2.42. The van der Waals surface area contributed by atoms with Gasteiger partial charge in [-0.15, -0.1) is 0 Å². The maximum Gasteiger partial charge on any atom is 0.354 e. The molecular weight excluding hydrogens is 987 g/mol. The number of amides is 2. The Morgan fingerprint density at radius 3 is 1.44 bits per heavy atom. The Kier molecular flexibility index (Phi) is 12.6. The van der Waals surface area contributed by atoms with Crippen molar-refractivity contribution >= 4 is 110 Å². The van der Waals surface area contributed by atoms with Crippen molar-refractivity contribution in [3.63, 3.8) is 0 Å². The number of carboxylic acid groups (broad SMARTS) is 1. The van der Waals surface area contributed by atoms with E-state index in [9.17, 15) is 28.3 Å². The summed E-state index contributed by atoms with van der Waals surface area (Å²) in [7, 11) is 0. The first-order valence-corrected chi connectivity index (χ1v) is 20.0. The SMILES string of the molecule is C.C[C@@]1(Cc2ccc(C#N)cc2)C(=O)N(c2cc(Cl)c(F)c(Cl)c2)c2ncc(C(=O)O)n21.C[C@@]1(Cc2ccc(C#N)cc2)C(=O)N(c2cc(Cl)c(F)c(Cl)c2)c2ncc(I)n21. The fourth-order valence-corrected chi connectivity index (χ4v) is 9.07. The lowest BCUT2D eigenvalue weighted by molar-refractivity contribution is -0.124. The summed E-state index contributed by atoms with van der Waals surface area (Å²) in [6, 6.07) is 23.0. The van der Waals surface area contributed by atoms with Gasteiger partial charge in [-0.25, -0.2) is 33.3 Å². The summed E-state index contributed by atoms with van der Waals surface area (Å²) in [6.45, 7) is 3.42. The van der Waals surface area contributed by atoms with Crippen LogP contribution in [0.2, 0.25) is 20.1 Å². The average Bonchev–Trinajstić information content (AvgIpc) is 3.94. The molecule has 1 N–H and O–H groups in total. The van der Waals surface area contributed by atoms with Crippen molar-refractivity contribution in [2.24, 2.45) is 0 Å². The number of imidazole rings is 2. The number of benzene rings is 4. The molecule has 0 radical (unpaired) electrons. The summed E-state index contributed by atoms with van der Waals surface area (Å²) in [6.07, 6.45) is 3.33. The number of fused-ring (bicyclic) bond motifs is 2. The fourth-order valence-electron chi connectivity index (χ4n) is 7.23. The predicted molar refractivity (Wildman–Crippen MR) is 235 cm³/mol. The molecule has 0 bridgehead atoms. The molecule has 0 fully saturated rings. The van der Waals surface area contributed by atoms with Crippen LogP contribution in [0, 0.1) is 38.0 Å². The molecule has 0 spiro atoms. The lowest BCUT2D eigenvalue weighted by atomic mass is 9.91. The number of aromatic carboxylic acids is 1. The van der Waals surface area contributed by atoms with Crippen LogP contribution < -0.4 is 9.80 Å². The molecule has 310 valence electrons. The summed E-state index contributed by atoms with van der Waals surface area (Å²) >= 11 is 25.9. The summed E-state index contributed by atoms with van der Waals surface area (Å²) in [5, 5.41) is 26.7. The van der Waals surface area contributed by atoms with Crippen LogP contribution in [0.15, 0.2) is 85.2 Å². The molecule has 2 amide bonds. The zero-order chi connectivity index (χ0) is 43.4. The van der Waals surface area contributed by atoms with Crippen molar-refractivity contribution in [1.29, 1.82) is 10.5 Å². The number of hydrogen-bond donors (Lipinski definition) is 1. The molecule has 8 rings (SSSR count).